The first-order chi connectivity index (χ1) is 7.15. The van der Waals surface area contributed by atoms with Gasteiger partial charge in [-0.2, -0.15) is 0 Å². The molecule has 1 rings (SSSR count). The van der Waals surface area contributed by atoms with Crippen LogP contribution in [0, 0.1) is 0 Å². The molecule has 1 nitrogen and oxygen atoms in total. The third kappa shape index (κ3) is 3.35. The van der Waals surface area contributed by atoms with Crippen LogP contribution >= 0.6 is 0 Å². The van der Waals surface area contributed by atoms with Crippen LogP contribution in [0.1, 0.15) is 37.3 Å². The molecule has 0 aliphatic rings. The molecule has 0 unspecified atom stereocenters. The van der Waals surface area contributed by atoms with Crippen LogP contribution in [0.3, 0.4) is 0 Å². The summed E-state index contributed by atoms with van der Waals surface area (Å²) in [5, 5.41) is 0. The van der Waals surface area contributed by atoms with Gasteiger partial charge >= 0.3 is 0 Å². The van der Waals surface area contributed by atoms with Crippen molar-refractivity contribution in [2.24, 2.45) is 0 Å². The van der Waals surface area contributed by atoms with Crippen LogP contribution in [-0.4, -0.2) is 5.78 Å². The van der Waals surface area contributed by atoms with Gasteiger partial charge in [-0.25, -0.2) is 0 Å². The van der Waals surface area contributed by atoms with Crippen molar-refractivity contribution in [1.29, 1.82) is 0 Å². The number of carbonyl (C=O) groups is 1. The summed E-state index contributed by atoms with van der Waals surface area (Å²) >= 11 is 0. The molecular weight excluding hydrogens is 184 g/mol. The Labute approximate surface area is 91.8 Å². The highest BCUT2D eigenvalue weighted by Crippen LogP contribution is 2.20. The summed E-state index contributed by atoms with van der Waals surface area (Å²) in [5.74, 6) is 0.633. The van der Waals surface area contributed by atoms with Crippen molar-refractivity contribution in [3.63, 3.8) is 0 Å². The number of carbonyl (C=O) groups excluding carboxylic acids is 1. The summed E-state index contributed by atoms with van der Waals surface area (Å²) in [7, 11) is 0. The molecule has 0 aliphatic heterocycles. The number of hydrogen-bond donors (Lipinski definition) is 0. The Balaban J connectivity index is 2.75. The predicted octanol–water partition coefficient (Wildman–Crippen LogP) is 3.50. The highest BCUT2D eigenvalue weighted by atomic mass is 16.1. The van der Waals surface area contributed by atoms with Crippen LogP contribution in [0.15, 0.2) is 36.9 Å². The molecule has 0 aromatic heterocycles. The van der Waals surface area contributed by atoms with E-state index in [0.717, 1.165) is 6.42 Å². The molecule has 0 heterocycles. The quantitative estimate of drug-likeness (QED) is 0.668. The highest BCUT2D eigenvalue weighted by Gasteiger charge is 2.06. The molecule has 15 heavy (non-hydrogen) atoms. The third-order valence-corrected chi connectivity index (χ3v) is 2.55. The Kier molecular flexibility index (Phi) is 4.29. The van der Waals surface area contributed by atoms with Crippen LogP contribution in [0.5, 0.6) is 0 Å². The molecule has 0 radical (unpaired) electrons. The SMILES string of the molecule is C=CC(=O)CCc1ccccc1C(C)C. The van der Waals surface area contributed by atoms with E-state index in [-0.39, 0.29) is 5.78 Å². The minimum Gasteiger partial charge on any atom is -0.295 e. The van der Waals surface area contributed by atoms with Gasteiger partial charge in [0.1, 0.15) is 0 Å². The molecule has 0 amide bonds. The van der Waals surface area contributed by atoms with Crippen molar-refractivity contribution in [3.8, 4) is 0 Å². The van der Waals surface area contributed by atoms with Gasteiger partial charge in [0.2, 0.25) is 0 Å². The molecule has 0 bridgehead atoms. The number of ketones is 1. The lowest BCUT2D eigenvalue weighted by Gasteiger charge is -2.11. The zero-order chi connectivity index (χ0) is 11.3. The molecule has 0 atom stereocenters. The van der Waals surface area contributed by atoms with Crippen molar-refractivity contribution in [2.45, 2.75) is 32.6 Å². The second-order valence-electron chi connectivity index (χ2n) is 4.02. The normalized spacial score (nSPS) is 10.3. The molecule has 80 valence electrons. The maximum Gasteiger partial charge on any atom is 0.155 e. The van der Waals surface area contributed by atoms with Crippen molar-refractivity contribution in [3.05, 3.63) is 48.0 Å². The van der Waals surface area contributed by atoms with Crippen molar-refractivity contribution >= 4 is 5.78 Å². The van der Waals surface area contributed by atoms with E-state index in [9.17, 15) is 4.79 Å². The van der Waals surface area contributed by atoms with Crippen LogP contribution in [0.25, 0.3) is 0 Å². The lowest BCUT2D eigenvalue weighted by atomic mass is 9.94. The summed E-state index contributed by atoms with van der Waals surface area (Å²) in [6.45, 7) is 7.83. The van der Waals surface area contributed by atoms with E-state index in [2.05, 4.69) is 32.6 Å². The Morgan fingerprint density at radius 3 is 2.67 bits per heavy atom. The van der Waals surface area contributed by atoms with Gasteiger partial charge in [-0.3, -0.25) is 4.79 Å². The molecule has 0 N–H and O–H groups in total. The Morgan fingerprint density at radius 2 is 2.07 bits per heavy atom. The van der Waals surface area contributed by atoms with Crippen molar-refractivity contribution in [2.75, 3.05) is 0 Å². The molecular formula is C14H18O. The molecule has 0 saturated carbocycles. The third-order valence-electron chi connectivity index (χ3n) is 2.55. The molecule has 0 spiro atoms. The van der Waals surface area contributed by atoms with Gasteiger partial charge in [-0.1, -0.05) is 44.7 Å². The molecule has 0 fully saturated rings. The fourth-order valence-corrected chi connectivity index (χ4v) is 1.69. The van der Waals surface area contributed by atoms with E-state index in [1.54, 1.807) is 0 Å². The van der Waals surface area contributed by atoms with Gasteiger partial charge in [0.05, 0.1) is 0 Å². The number of aryl methyl sites for hydroxylation is 1. The Bertz CT molecular complexity index is 350. The van der Waals surface area contributed by atoms with E-state index < -0.39 is 0 Å². The summed E-state index contributed by atoms with van der Waals surface area (Å²) < 4.78 is 0. The van der Waals surface area contributed by atoms with E-state index in [0.29, 0.717) is 12.3 Å². The van der Waals surface area contributed by atoms with Gasteiger partial charge < -0.3 is 0 Å². The Hall–Kier alpha value is -1.37. The fraction of sp³-hybridized carbons (Fsp3) is 0.357. The zero-order valence-corrected chi connectivity index (χ0v) is 9.49. The van der Waals surface area contributed by atoms with Gasteiger partial charge in [-0.05, 0) is 29.5 Å². The zero-order valence-electron chi connectivity index (χ0n) is 9.49. The van der Waals surface area contributed by atoms with Crippen LogP contribution in [0.2, 0.25) is 0 Å². The van der Waals surface area contributed by atoms with E-state index in [1.807, 2.05) is 12.1 Å². The molecule has 1 heteroatoms. The first kappa shape index (κ1) is 11.7. The first-order valence-corrected chi connectivity index (χ1v) is 5.38. The first-order valence-electron chi connectivity index (χ1n) is 5.38. The van der Waals surface area contributed by atoms with Crippen LogP contribution in [0.4, 0.5) is 0 Å². The smallest absolute Gasteiger partial charge is 0.155 e. The summed E-state index contributed by atoms with van der Waals surface area (Å²) in [6, 6.07) is 8.32. The maximum absolute atomic E-state index is 11.1. The molecule has 1 aromatic carbocycles. The number of benzene rings is 1. The van der Waals surface area contributed by atoms with E-state index in [4.69, 9.17) is 0 Å². The summed E-state index contributed by atoms with van der Waals surface area (Å²) in [6.07, 6.45) is 2.78. The van der Waals surface area contributed by atoms with Gasteiger partial charge in [0.25, 0.3) is 0 Å². The largest absolute Gasteiger partial charge is 0.295 e. The van der Waals surface area contributed by atoms with Gasteiger partial charge in [0, 0.05) is 6.42 Å². The minimum atomic E-state index is 0.119. The summed E-state index contributed by atoms with van der Waals surface area (Å²) in [5.41, 5.74) is 2.62. The topological polar surface area (TPSA) is 17.1 Å². The average molecular weight is 202 g/mol. The average Bonchev–Trinajstić information content (AvgIpc) is 2.26. The Morgan fingerprint density at radius 1 is 1.40 bits per heavy atom. The lowest BCUT2D eigenvalue weighted by Crippen LogP contribution is -2.00. The highest BCUT2D eigenvalue weighted by molar-refractivity contribution is 5.89. The number of allylic oxidation sites excluding steroid dienone is 1. The number of rotatable bonds is 5. The maximum atomic E-state index is 11.1. The van der Waals surface area contributed by atoms with Crippen LogP contribution < -0.4 is 0 Å². The van der Waals surface area contributed by atoms with E-state index in [1.165, 1.54) is 17.2 Å². The standard InChI is InChI=1S/C14H18O/c1-4-13(15)10-9-12-7-5-6-8-14(12)11(2)3/h4-8,11H,1,9-10H2,2-3H3. The lowest BCUT2D eigenvalue weighted by molar-refractivity contribution is -0.114. The monoisotopic (exact) mass is 202 g/mol. The molecule has 0 saturated heterocycles. The second-order valence-corrected chi connectivity index (χ2v) is 4.02. The molecule has 1 aromatic rings. The molecule has 0 aliphatic carbocycles. The fourth-order valence-electron chi connectivity index (χ4n) is 1.69. The minimum absolute atomic E-state index is 0.119. The predicted molar refractivity (Wildman–Crippen MR) is 64.1 cm³/mol. The van der Waals surface area contributed by atoms with Gasteiger partial charge in [-0.15, -0.1) is 0 Å². The number of hydrogen-bond acceptors (Lipinski definition) is 1. The van der Waals surface area contributed by atoms with Crippen molar-refractivity contribution in [1.82, 2.24) is 0 Å². The van der Waals surface area contributed by atoms with E-state index >= 15 is 0 Å². The second kappa shape index (κ2) is 5.50. The van der Waals surface area contributed by atoms with Gasteiger partial charge in [0.15, 0.2) is 5.78 Å². The van der Waals surface area contributed by atoms with Crippen LogP contribution in [-0.2, 0) is 11.2 Å². The summed E-state index contributed by atoms with van der Waals surface area (Å²) in [4.78, 5) is 11.1. The van der Waals surface area contributed by atoms with Crippen molar-refractivity contribution < 1.29 is 4.79 Å².